The molecule has 0 spiro atoms. The Labute approximate surface area is 176 Å². The van der Waals surface area contributed by atoms with Crippen molar-refractivity contribution in [2.24, 2.45) is 5.92 Å². The molecule has 0 saturated carbocycles. The van der Waals surface area contributed by atoms with Gasteiger partial charge in [-0.3, -0.25) is 14.9 Å². The Bertz CT molecular complexity index is 863. The molecule has 1 heterocycles. The molecule has 1 N–H and O–H groups in total. The summed E-state index contributed by atoms with van der Waals surface area (Å²) in [5.41, 5.74) is 2.33. The number of cyclic esters (lactones) is 1. The summed E-state index contributed by atoms with van der Waals surface area (Å²) in [5.74, 6) is -0.184. The smallest absolute Gasteiger partial charge is 0.411 e. The highest BCUT2D eigenvalue weighted by molar-refractivity contribution is 5.94. The Morgan fingerprint density at radius 1 is 1.00 bits per heavy atom. The van der Waals surface area contributed by atoms with Crippen molar-refractivity contribution in [3.63, 3.8) is 0 Å². The summed E-state index contributed by atoms with van der Waals surface area (Å²) >= 11 is 0. The van der Waals surface area contributed by atoms with Gasteiger partial charge in [-0.05, 0) is 68.9 Å². The fraction of sp³-hybridized carbons (Fsp3) is 0.375. The fourth-order valence-corrected chi connectivity index (χ4v) is 3.47. The predicted octanol–water partition coefficient (Wildman–Crippen LogP) is 4.78. The van der Waals surface area contributed by atoms with Crippen LogP contribution in [0.1, 0.15) is 48.5 Å². The van der Waals surface area contributed by atoms with Crippen molar-refractivity contribution in [1.29, 1.82) is 0 Å². The van der Waals surface area contributed by atoms with Crippen molar-refractivity contribution in [2.45, 2.75) is 45.1 Å². The highest BCUT2D eigenvalue weighted by Gasteiger charge is 2.41. The highest BCUT2D eigenvalue weighted by atomic mass is 16.6. The van der Waals surface area contributed by atoms with Crippen LogP contribution in [0.5, 0.6) is 0 Å². The molecule has 1 aliphatic rings. The first-order chi connectivity index (χ1) is 14.5. The minimum absolute atomic E-state index is 0.0140. The van der Waals surface area contributed by atoms with Crippen LogP contribution in [0.25, 0.3) is 0 Å². The second-order valence-electron chi connectivity index (χ2n) is 7.52. The van der Waals surface area contributed by atoms with E-state index in [1.165, 1.54) is 6.92 Å². The van der Waals surface area contributed by atoms with Crippen LogP contribution in [-0.2, 0) is 20.7 Å². The van der Waals surface area contributed by atoms with Crippen molar-refractivity contribution in [3.8, 4) is 0 Å². The standard InChI is InChI=1S/C24H27NO5/c1-17(26)19-11-13-20(14-12-19)25-24(28)29-15-7-3-6-10-22-21(23(27)30-22)16-18-8-4-2-5-9-18/h2,4-5,8-9,11-14,21-22H,3,6-7,10,15-16H2,1H3,(H,25,28). The predicted molar refractivity (Wildman–Crippen MR) is 113 cm³/mol. The van der Waals surface area contributed by atoms with Crippen LogP contribution in [0.2, 0.25) is 0 Å². The van der Waals surface area contributed by atoms with Gasteiger partial charge >= 0.3 is 12.1 Å². The van der Waals surface area contributed by atoms with Crippen LogP contribution in [0.4, 0.5) is 10.5 Å². The molecule has 2 unspecified atom stereocenters. The summed E-state index contributed by atoms with van der Waals surface area (Å²) < 4.78 is 10.5. The Hall–Kier alpha value is -3.15. The van der Waals surface area contributed by atoms with E-state index in [0.29, 0.717) is 17.9 Å². The number of carbonyl (C=O) groups is 3. The van der Waals surface area contributed by atoms with E-state index in [4.69, 9.17) is 9.47 Å². The fourth-order valence-electron chi connectivity index (χ4n) is 3.47. The summed E-state index contributed by atoms with van der Waals surface area (Å²) in [6, 6.07) is 16.6. The van der Waals surface area contributed by atoms with Crippen molar-refractivity contribution < 1.29 is 23.9 Å². The molecule has 158 valence electrons. The van der Waals surface area contributed by atoms with Crippen molar-refractivity contribution in [3.05, 3.63) is 65.7 Å². The Morgan fingerprint density at radius 2 is 1.73 bits per heavy atom. The van der Waals surface area contributed by atoms with Gasteiger partial charge in [0.1, 0.15) is 6.10 Å². The molecule has 1 amide bonds. The molecule has 1 saturated heterocycles. The lowest BCUT2D eigenvalue weighted by Gasteiger charge is -2.35. The summed E-state index contributed by atoms with van der Waals surface area (Å²) in [4.78, 5) is 34.8. The number of amides is 1. The number of ketones is 1. The van der Waals surface area contributed by atoms with Gasteiger partial charge in [-0.2, -0.15) is 0 Å². The third kappa shape index (κ3) is 6.17. The maximum atomic E-state index is 11.8. The number of ether oxygens (including phenoxy) is 2. The molecule has 6 heteroatoms. The van der Waals surface area contributed by atoms with E-state index in [1.54, 1.807) is 24.3 Å². The third-order valence-electron chi connectivity index (χ3n) is 5.22. The number of unbranched alkanes of at least 4 members (excludes halogenated alkanes) is 2. The van der Waals surface area contributed by atoms with Crippen molar-refractivity contribution >= 4 is 23.5 Å². The molecule has 1 aliphatic heterocycles. The monoisotopic (exact) mass is 409 g/mol. The number of benzene rings is 2. The van der Waals surface area contributed by atoms with Crippen LogP contribution < -0.4 is 5.32 Å². The van der Waals surface area contributed by atoms with Crippen LogP contribution in [-0.4, -0.2) is 30.6 Å². The van der Waals surface area contributed by atoms with Crippen LogP contribution >= 0.6 is 0 Å². The quantitative estimate of drug-likeness (QED) is 0.347. The summed E-state index contributed by atoms with van der Waals surface area (Å²) in [5, 5.41) is 2.64. The lowest BCUT2D eigenvalue weighted by atomic mass is 9.87. The van der Waals surface area contributed by atoms with Gasteiger partial charge in [-0.1, -0.05) is 30.3 Å². The van der Waals surface area contributed by atoms with Gasteiger partial charge < -0.3 is 9.47 Å². The number of nitrogens with one attached hydrogen (secondary N) is 1. The van der Waals surface area contributed by atoms with E-state index in [9.17, 15) is 14.4 Å². The Morgan fingerprint density at radius 3 is 2.40 bits per heavy atom. The second-order valence-corrected chi connectivity index (χ2v) is 7.52. The molecular formula is C24H27NO5. The normalized spacial score (nSPS) is 17.6. The van der Waals surface area contributed by atoms with E-state index in [2.05, 4.69) is 5.32 Å². The summed E-state index contributed by atoms with van der Waals surface area (Å²) in [6.45, 7) is 1.82. The minimum atomic E-state index is -0.513. The van der Waals surface area contributed by atoms with E-state index < -0.39 is 6.09 Å². The summed E-state index contributed by atoms with van der Waals surface area (Å²) in [6.07, 6.45) is 3.59. The van der Waals surface area contributed by atoms with Crippen molar-refractivity contribution in [2.75, 3.05) is 11.9 Å². The second kappa shape index (κ2) is 10.6. The van der Waals surface area contributed by atoms with E-state index in [0.717, 1.165) is 37.7 Å². The molecule has 0 aromatic heterocycles. The number of esters is 1. The number of hydrogen-bond acceptors (Lipinski definition) is 5. The first-order valence-electron chi connectivity index (χ1n) is 10.3. The van der Waals surface area contributed by atoms with Gasteiger partial charge in [-0.15, -0.1) is 0 Å². The lowest BCUT2D eigenvalue weighted by Crippen LogP contribution is -2.46. The zero-order valence-electron chi connectivity index (χ0n) is 17.1. The molecule has 2 aromatic carbocycles. The molecular weight excluding hydrogens is 382 g/mol. The van der Waals surface area contributed by atoms with Crippen LogP contribution in [0, 0.1) is 5.92 Å². The maximum absolute atomic E-state index is 11.8. The zero-order valence-corrected chi connectivity index (χ0v) is 17.1. The topological polar surface area (TPSA) is 81.7 Å². The molecule has 30 heavy (non-hydrogen) atoms. The average molecular weight is 409 g/mol. The zero-order chi connectivity index (χ0) is 21.3. The van der Waals surface area contributed by atoms with Gasteiger partial charge in [0.25, 0.3) is 0 Å². The van der Waals surface area contributed by atoms with E-state index in [-0.39, 0.29) is 23.8 Å². The van der Waals surface area contributed by atoms with E-state index >= 15 is 0 Å². The molecule has 2 atom stereocenters. The number of carbonyl (C=O) groups excluding carboxylic acids is 3. The van der Waals surface area contributed by atoms with Gasteiger partial charge in [0.2, 0.25) is 0 Å². The van der Waals surface area contributed by atoms with E-state index in [1.807, 2.05) is 30.3 Å². The average Bonchev–Trinajstić information content (AvgIpc) is 2.74. The molecule has 0 radical (unpaired) electrons. The molecule has 1 fully saturated rings. The van der Waals surface area contributed by atoms with Crippen molar-refractivity contribution in [1.82, 2.24) is 0 Å². The first-order valence-corrected chi connectivity index (χ1v) is 10.3. The van der Waals surface area contributed by atoms with Gasteiger partial charge in [0.05, 0.1) is 12.5 Å². The maximum Gasteiger partial charge on any atom is 0.411 e. The first kappa shape index (κ1) is 21.6. The molecule has 6 nitrogen and oxygen atoms in total. The molecule has 0 bridgehead atoms. The minimum Gasteiger partial charge on any atom is -0.461 e. The third-order valence-corrected chi connectivity index (χ3v) is 5.22. The lowest BCUT2D eigenvalue weighted by molar-refractivity contribution is -0.185. The molecule has 3 rings (SSSR count). The van der Waals surface area contributed by atoms with Gasteiger partial charge in [-0.25, -0.2) is 4.79 Å². The Kier molecular flexibility index (Phi) is 7.60. The highest BCUT2D eigenvalue weighted by Crippen LogP contribution is 2.30. The molecule has 2 aromatic rings. The number of hydrogen-bond donors (Lipinski definition) is 1. The number of anilines is 1. The van der Waals surface area contributed by atoms with Gasteiger partial charge in [0.15, 0.2) is 5.78 Å². The molecule has 0 aliphatic carbocycles. The van der Waals surface area contributed by atoms with Gasteiger partial charge in [0, 0.05) is 11.3 Å². The SMILES string of the molecule is CC(=O)c1ccc(NC(=O)OCCCCCC2OC(=O)C2Cc2ccccc2)cc1. The van der Waals surface area contributed by atoms with Crippen LogP contribution in [0.15, 0.2) is 54.6 Å². The summed E-state index contributed by atoms with van der Waals surface area (Å²) in [7, 11) is 0. The van der Waals surface area contributed by atoms with Crippen LogP contribution in [0.3, 0.4) is 0 Å². The Balaban J connectivity index is 1.27. The largest absolute Gasteiger partial charge is 0.461 e. The number of Topliss-reactive ketones (excluding diaryl/α,β-unsaturated/α-hetero) is 1. The number of rotatable bonds is 10.